The Morgan fingerprint density at radius 2 is 2.38 bits per heavy atom. The molecule has 2 rings (SSSR count). The maximum absolute atomic E-state index is 6.06. The molecule has 0 amide bonds. The molecule has 16 heavy (non-hydrogen) atoms. The third-order valence-electron chi connectivity index (χ3n) is 2.38. The second-order valence-corrected chi connectivity index (χ2v) is 3.76. The van der Waals surface area contributed by atoms with E-state index in [0.29, 0.717) is 5.15 Å². The second-order valence-electron chi connectivity index (χ2n) is 3.40. The van der Waals surface area contributed by atoms with E-state index in [4.69, 9.17) is 11.6 Å². The van der Waals surface area contributed by atoms with Gasteiger partial charge in [0, 0.05) is 18.9 Å². The lowest BCUT2D eigenvalue weighted by atomic mass is 10.3. The summed E-state index contributed by atoms with van der Waals surface area (Å²) < 4.78 is 0. The average molecular weight is 237 g/mol. The van der Waals surface area contributed by atoms with Crippen LogP contribution in [0.3, 0.4) is 0 Å². The van der Waals surface area contributed by atoms with Gasteiger partial charge in [-0.25, -0.2) is 9.97 Å². The van der Waals surface area contributed by atoms with Crippen LogP contribution in [0.4, 0.5) is 5.69 Å². The third-order valence-corrected chi connectivity index (χ3v) is 2.67. The van der Waals surface area contributed by atoms with E-state index in [9.17, 15) is 0 Å². The van der Waals surface area contributed by atoms with Crippen LogP contribution < -0.4 is 4.90 Å². The van der Waals surface area contributed by atoms with E-state index in [0.717, 1.165) is 24.5 Å². The molecule has 84 valence electrons. The number of aromatic amines is 1. The molecule has 4 nitrogen and oxygen atoms in total. The zero-order valence-electron chi connectivity index (χ0n) is 9.02. The standard InChI is InChI=1S/C11H13ClN4/c1-2-16(7-9-6-13-8-15-9)10-4-3-5-14-11(10)12/h3-6,8H,2,7H2,1H3,(H,13,15). The van der Waals surface area contributed by atoms with Gasteiger partial charge in [-0.2, -0.15) is 0 Å². The van der Waals surface area contributed by atoms with Crippen LogP contribution in [-0.4, -0.2) is 21.5 Å². The molecule has 0 fully saturated rings. The number of hydrogen-bond donors (Lipinski definition) is 1. The van der Waals surface area contributed by atoms with Crippen molar-refractivity contribution in [2.45, 2.75) is 13.5 Å². The summed E-state index contributed by atoms with van der Waals surface area (Å²) >= 11 is 6.06. The van der Waals surface area contributed by atoms with Crippen molar-refractivity contribution < 1.29 is 0 Å². The van der Waals surface area contributed by atoms with Crippen LogP contribution in [-0.2, 0) is 6.54 Å². The second kappa shape index (κ2) is 4.99. The van der Waals surface area contributed by atoms with Crippen LogP contribution in [0.5, 0.6) is 0 Å². The van der Waals surface area contributed by atoms with Crippen LogP contribution in [0.1, 0.15) is 12.6 Å². The fraction of sp³-hybridized carbons (Fsp3) is 0.273. The Bertz CT molecular complexity index is 441. The van der Waals surface area contributed by atoms with Crippen molar-refractivity contribution in [2.75, 3.05) is 11.4 Å². The molecule has 2 aromatic heterocycles. The van der Waals surface area contributed by atoms with E-state index in [1.807, 2.05) is 18.3 Å². The lowest BCUT2D eigenvalue weighted by molar-refractivity contribution is 0.812. The molecule has 2 heterocycles. The summed E-state index contributed by atoms with van der Waals surface area (Å²) in [4.78, 5) is 13.3. The molecule has 0 aliphatic carbocycles. The molecule has 0 aliphatic rings. The smallest absolute Gasteiger partial charge is 0.152 e. The van der Waals surface area contributed by atoms with Gasteiger partial charge in [0.25, 0.3) is 0 Å². The van der Waals surface area contributed by atoms with Gasteiger partial charge >= 0.3 is 0 Å². The number of hydrogen-bond acceptors (Lipinski definition) is 3. The first-order valence-electron chi connectivity index (χ1n) is 5.14. The summed E-state index contributed by atoms with van der Waals surface area (Å²) in [6, 6.07) is 3.85. The Morgan fingerprint density at radius 1 is 1.50 bits per heavy atom. The number of imidazole rings is 1. The number of rotatable bonds is 4. The number of nitrogens with zero attached hydrogens (tertiary/aromatic N) is 3. The van der Waals surface area contributed by atoms with E-state index in [-0.39, 0.29) is 0 Å². The van der Waals surface area contributed by atoms with Crippen molar-refractivity contribution in [3.8, 4) is 0 Å². The Morgan fingerprint density at radius 3 is 3.00 bits per heavy atom. The van der Waals surface area contributed by atoms with Gasteiger partial charge in [0.2, 0.25) is 0 Å². The Labute approximate surface area is 99.3 Å². The fourth-order valence-corrected chi connectivity index (χ4v) is 1.80. The first-order chi connectivity index (χ1) is 7.81. The quantitative estimate of drug-likeness (QED) is 0.830. The minimum atomic E-state index is 0.531. The molecule has 0 saturated carbocycles. The van der Waals surface area contributed by atoms with Gasteiger partial charge in [0.1, 0.15) is 0 Å². The van der Waals surface area contributed by atoms with Gasteiger partial charge in [-0.1, -0.05) is 11.6 Å². The molecule has 0 aromatic carbocycles. The normalized spacial score (nSPS) is 10.4. The zero-order valence-corrected chi connectivity index (χ0v) is 9.78. The first-order valence-corrected chi connectivity index (χ1v) is 5.51. The molecular formula is C11H13ClN4. The van der Waals surface area contributed by atoms with Gasteiger partial charge < -0.3 is 9.88 Å². The van der Waals surface area contributed by atoms with Crippen molar-refractivity contribution in [1.29, 1.82) is 0 Å². The van der Waals surface area contributed by atoms with E-state index in [2.05, 4.69) is 26.8 Å². The molecule has 0 saturated heterocycles. The van der Waals surface area contributed by atoms with Gasteiger partial charge in [0.15, 0.2) is 5.15 Å². The van der Waals surface area contributed by atoms with Crippen LogP contribution in [0, 0.1) is 0 Å². The summed E-state index contributed by atoms with van der Waals surface area (Å²) in [7, 11) is 0. The number of aromatic nitrogens is 3. The molecule has 5 heteroatoms. The van der Waals surface area contributed by atoms with Crippen LogP contribution in [0.15, 0.2) is 30.9 Å². The topological polar surface area (TPSA) is 44.8 Å². The Balaban J connectivity index is 2.20. The summed E-state index contributed by atoms with van der Waals surface area (Å²) in [5, 5.41) is 0.531. The monoisotopic (exact) mass is 236 g/mol. The highest BCUT2D eigenvalue weighted by molar-refractivity contribution is 6.32. The van der Waals surface area contributed by atoms with Gasteiger partial charge in [-0.3, -0.25) is 0 Å². The number of nitrogens with one attached hydrogen (secondary N) is 1. The molecule has 1 N–H and O–H groups in total. The maximum atomic E-state index is 6.06. The number of H-pyrrole nitrogens is 1. The summed E-state index contributed by atoms with van der Waals surface area (Å²) in [6.07, 6.45) is 5.18. The first kappa shape index (κ1) is 11.0. The molecule has 0 radical (unpaired) electrons. The van der Waals surface area contributed by atoms with Crippen molar-refractivity contribution >= 4 is 17.3 Å². The van der Waals surface area contributed by atoms with E-state index in [1.54, 1.807) is 12.5 Å². The van der Waals surface area contributed by atoms with E-state index >= 15 is 0 Å². The Kier molecular flexibility index (Phi) is 3.41. The predicted molar refractivity (Wildman–Crippen MR) is 64.6 cm³/mol. The lowest BCUT2D eigenvalue weighted by Gasteiger charge is -2.22. The minimum Gasteiger partial charge on any atom is -0.363 e. The van der Waals surface area contributed by atoms with Gasteiger partial charge in [-0.05, 0) is 19.1 Å². The van der Waals surface area contributed by atoms with Crippen LogP contribution in [0.2, 0.25) is 5.15 Å². The molecule has 2 aromatic rings. The van der Waals surface area contributed by atoms with E-state index < -0.39 is 0 Å². The van der Waals surface area contributed by atoms with Gasteiger partial charge in [-0.15, -0.1) is 0 Å². The number of halogens is 1. The highest BCUT2D eigenvalue weighted by Crippen LogP contribution is 2.23. The predicted octanol–water partition coefficient (Wildman–Crippen LogP) is 2.48. The van der Waals surface area contributed by atoms with Crippen molar-refractivity contribution in [3.63, 3.8) is 0 Å². The summed E-state index contributed by atoms with van der Waals surface area (Å²) in [5.74, 6) is 0. The largest absolute Gasteiger partial charge is 0.363 e. The molecule has 0 aliphatic heterocycles. The maximum Gasteiger partial charge on any atom is 0.152 e. The van der Waals surface area contributed by atoms with Crippen molar-refractivity contribution in [3.05, 3.63) is 41.7 Å². The summed E-state index contributed by atoms with van der Waals surface area (Å²) in [5.41, 5.74) is 2.00. The molecule has 0 atom stereocenters. The SMILES string of the molecule is CCN(Cc1cnc[nH]1)c1cccnc1Cl. The fourth-order valence-electron chi connectivity index (χ4n) is 1.56. The number of anilines is 1. The minimum absolute atomic E-state index is 0.531. The number of pyridine rings is 1. The molecule has 0 bridgehead atoms. The van der Waals surface area contributed by atoms with Crippen LogP contribution >= 0.6 is 11.6 Å². The molecular weight excluding hydrogens is 224 g/mol. The zero-order chi connectivity index (χ0) is 11.4. The highest BCUT2D eigenvalue weighted by atomic mass is 35.5. The summed E-state index contributed by atoms with van der Waals surface area (Å²) in [6.45, 7) is 3.70. The highest BCUT2D eigenvalue weighted by Gasteiger charge is 2.09. The molecule has 0 spiro atoms. The van der Waals surface area contributed by atoms with Crippen molar-refractivity contribution in [1.82, 2.24) is 15.0 Å². The van der Waals surface area contributed by atoms with E-state index in [1.165, 1.54) is 0 Å². The molecule has 0 unspecified atom stereocenters. The van der Waals surface area contributed by atoms with Crippen molar-refractivity contribution in [2.24, 2.45) is 0 Å². The van der Waals surface area contributed by atoms with Crippen LogP contribution in [0.25, 0.3) is 0 Å². The van der Waals surface area contributed by atoms with Gasteiger partial charge in [0.05, 0.1) is 24.3 Å². The lowest BCUT2D eigenvalue weighted by Crippen LogP contribution is -2.22. The average Bonchev–Trinajstić information content (AvgIpc) is 2.80. The third kappa shape index (κ3) is 2.33. The Hall–Kier alpha value is -1.55.